The third-order valence-electron chi connectivity index (χ3n) is 0.936. The molecule has 0 aromatic heterocycles. The molecular weight excluding hydrogens is 1960 g/mol. The van der Waals surface area contributed by atoms with E-state index in [0.29, 0.717) is 5.92 Å². The summed E-state index contributed by atoms with van der Waals surface area (Å²) in [6, 6.07) is 0. The fourth-order valence-corrected chi connectivity index (χ4v) is 2.22. The molecule has 0 aromatic carbocycles. The molecule has 0 N–H and O–H groups in total. The van der Waals surface area contributed by atoms with E-state index in [1.165, 1.54) is 42.6 Å². The second-order valence-corrected chi connectivity index (χ2v) is 4.52. The van der Waals surface area contributed by atoms with Crippen LogP contribution in [-0.2, 0) is 206 Å². The van der Waals surface area contributed by atoms with Gasteiger partial charge in [0.25, 0.3) is 0 Å². The smallest absolute Gasteiger partial charge is 0 e. The molecule has 20 heavy (non-hydrogen) atoms. The Balaban J connectivity index is -0.00000000783. The van der Waals surface area contributed by atoms with Crippen molar-refractivity contribution in [3.8, 4) is 0 Å². The summed E-state index contributed by atoms with van der Waals surface area (Å²) < 4.78 is 3.42. The zero-order valence-corrected chi connectivity index (χ0v) is 40.3. The van der Waals surface area contributed by atoms with Crippen molar-refractivity contribution in [2.45, 2.75) is 13.8 Å². The fourth-order valence-electron chi connectivity index (χ4n) is 0.391. The first-order valence-electron chi connectivity index (χ1n) is 2.95. The molecule has 0 aliphatic rings. The van der Waals surface area contributed by atoms with Crippen LogP contribution in [0.3, 0.4) is 0 Å². The topological polar surface area (TPSA) is 0 Å². The first kappa shape index (κ1) is 71.9. The summed E-state index contributed by atoms with van der Waals surface area (Å²) in [5.41, 5.74) is 0.995. The second kappa shape index (κ2) is 56.2. The maximum atomic E-state index is 5.68. The van der Waals surface area contributed by atoms with E-state index in [1.807, 2.05) is 4.40 Å². The van der Waals surface area contributed by atoms with Crippen LogP contribution in [-0.4, -0.2) is 21.6 Å². The molecule has 0 heterocycles. The van der Waals surface area contributed by atoms with Gasteiger partial charge in [-0.3, -0.25) is 0 Å². The van der Waals surface area contributed by atoms with Crippen molar-refractivity contribution in [3.05, 3.63) is 19.6 Å². The molecule has 0 bridgehead atoms. The van der Waals surface area contributed by atoms with E-state index in [4.69, 9.17) is 6.58 Å². The Morgan fingerprint density at radius 3 is 1.15 bits per heavy atom. The van der Waals surface area contributed by atoms with E-state index in [1.54, 1.807) is 0 Å². The number of hydrogen-bond acceptors (Lipinski definition) is 0. The normalized spacial score (nSPS) is 4.35. The standard InChI is InChI=1S/C7H9.CH3.CH.B.10W/c1-6(2)5-7(3)4;;;;;;;;;;;;;/h1-2,7H,3-4H3;1H3;1H;;;;;;;;;;;/q3*-1;;;;;;;;;;;. The third kappa shape index (κ3) is 49.7. The van der Waals surface area contributed by atoms with Gasteiger partial charge >= 0.3 is 103 Å². The Morgan fingerprint density at radius 2 is 1.10 bits per heavy atom. The third-order valence-corrected chi connectivity index (χ3v) is 4.39. The van der Waals surface area contributed by atoms with Gasteiger partial charge in [0.15, 0.2) is 0 Å². The molecule has 3 radical (unpaired) electrons. The van der Waals surface area contributed by atoms with Crippen LogP contribution in [0.1, 0.15) is 13.8 Å². The van der Waals surface area contributed by atoms with E-state index >= 15 is 0 Å². The van der Waals surface area contributed by atoms with Crippen molar-refractivity contribution >= 4 is 21.6 Å². The predicted molar refractivity (Wildman–Crippen MR) is 52.0 cm³/mol. The van der Waals surface area contributed by atoms with E-state index in [0.717, 1.165) is 24.9 Å². The molecule has 0 spiro atoms. The maximum Gasteiger partial charge on any atom is 0 e. The van der Waals surface area contributed by atoms with Gasteiger partial charge < -0.3 is 7.43 Å². The molecule has 0 unspecified atom stereocenters. The Hall–Kier alpha value is 6.30. The number of hydrogen-bond donors (Lipinski definition) is 0. The minimum Gasteiger partial charge on any atom is -0.358 e. The van der Waals surface area contributed by atoms with Gasteiger partial charge in [0, 0.05) is 156 Å². The molecule has 0 amide bonds. The number of rotatable bonds is 3. The van der Waals surface area contributed by atoms with Gasteiger partial charge in [0.2, 0.25) is 0 Å². The molecule has 0 saturated carbocycles. The summed E-state index contributed by atoms with van der Waals surface area (Å²) >= 11 is 4.01. The molecule has 0 rings (SSSR count). The van der Waals surface area contributed by atoms with Crippen LogP contribution in [0.25, 0.3) is 0 Å². The van der Waals surface area contributed by atoms with Crippen LogP contribution in [0.4, 0.5) is 0 Å². The summed E-state index contributed by atoms with van der Waals surface area (Å²) in [5.74, 6) is 0.621. The zero-order chi connectivity index (χ0) is 9.44. The Kier molecular flexibility index (Phi) is 202. The van der Waals surface area contributed by atoms with Crippen molar-refractivity contribution in [2.24, 2.45) is 5.92 Å². The summed E-state index contributed by atoms with van der Waals surface area (Å²) in [7, 11) is 0. The van der Waals surface area contributed by atoms with E-state index in [2.05, 4.69) is 18.8 Å². The van der Waals surface area contributed by atoms with Gasteiger partial charge in [-0.15, -0.1) is 0 Å². The molecule has 0 nitrogen and oxygen atoms in total. The van der Waals surface area contributed by atoms with E-state index < -0.39 is 0 Å². The van der Waals surface area contributed by atoms with Gasteiger partial charge in [-0.25, -0.2) is 0 Å². The van der Waals surface area contributed by atoms with Crippen molar-refractivity contribution in [1.29, 1.82) is 0 Å². The fraction of sp³-hybridized carbons (Fsp3) is 0.333. The number of allylic oxidation sites excluding steroid dienone is 1. The van der Waals surface area contributed by atoms with Crippen molar-refractivity contribution < 1.29 is 206 Å². The Bertz CT molecular complexity index is 174. The molecule has 11 heteroatoms. The van der Waals surface area contributed by atoms with Crippen LogP contribution in [0, 0.1) is 19.9 Å². The van der Waals surface area contributed by atoms with Crippen LogP contribution in [0.15, 0.2) is 5.57 Å². The monoisotopic (exact) mass is 1970 g/mol. The molecular formula is C9H13BW10-3. The van der Waals surface area contributed by atoms with Crippen molar-refractivity contribution in [3.63, 3.8) is 0 Å². The largest absolute Gasteiger partial charge is 0.358 e. The van der Waals surface area contributed by atoms with Gasteiger partial charge in [0.1, 0.15) is 0 Å². The molecule has 0 aliphatic carbocycles. The minimum atomic E-state index is 0. The van der Waals surface area contributed by atoms with Crippen molar-refractivity contribution in [2.75, 3.05) is 0 Å². The Morgan fingerprint density at radius 1 is 0.900 bits per heavy atom. The molecule has 0 atom stereocenters. The van der Waals surface area contributed by atoms with Gasteiger partial charge in [-0.05, 0) is 0 Å². The maximum absolute atomic E-state index is 5.68. The van der Waals surface area contributed by atoms with Gasteiger partial charge in [0.05, 0.1) is 0 Å². The molecule has 0 aliphatic heterocycles. The summed E-state index contributed by atoms with van der Waals surface area (Å²) in [5, 5.41) is 0. The van der Waals surface area contributed by atoms with Gasteiger partial charge in [-0.2, -0.15) is 0 Å². The summed E-state index contributed by atoms with van der Waals surface area (Å²) in [4.78, 5) is 4.58. The predicted octanol–water partition coefficient (Wildman–Crippen LogP) is 0.964. The molecule has 0 fully saturated rings. The SMILES string of the molecule is [B].[CH-]=C([CH]=[W])[C](=[W])C(C)C.[CH-]=[W].[CH3-].[W].[W].[W].[W].[W].[W].[W]. The van der Waals surface area contributed by atoms with Gasteiger partial charge in [-0.1, -0.05) is 0 Å². The Labute approximate surface area is 260 Å². The average molecular weight is 1970 g/mol. The first-order chi connectivity index (χ1) is 5.09. The molecule has 115 valence electrons. The zero-order valence-electron chi connectivity index (χ0n) is 11.0. The van der Waals surface area contributed by atoms with Crippen LogP contribution < -0.4 is 0 Å². The molecule has 0 aromatic rings. The minimum absolute atomic E-state index is 0. The summed E-state index contributed by atoms with van der Waals surface area (Å²) in [6.07, 6.45) is 0. The van der Waals surface area contributed by atoms with E-state index in [9.17, 15) is 0 Å². The quantitative estimate of drug-likeness (QED) is 0.293. The molecule has 0 saturated heterocycles. The van der Waals surface area contributed by atoms with E-state index in [-0.39, 0.29) is 163 Å². The van der Waals surface area contributed by atoms with Crippen LogP contribution in [0.2, 0.25) is 0 Å². The van der Waals surface area contributed by atoms with Crippen molar-refractivity contribution in [1.82, 2.24) is 0 Å². The summed E-state index contributed by atoms with van der Waals surface area (Å²) in [6.45, 7) is 10.0. The second-order valence-electron chi connectivity index (χ2n) is 2.09. The van der Waals surface area contributed by atoms with Crippen LogP contribution >= 0.6 is 0 Å². The first-order valence-corrected chi connectivity index (χ1v) is 7.80. The van der Waals surface area contributed by atoms with Crippen LogP contribution in [0.5, 0.6) is 0 Å². The average Bonchev–Trinajstić information content (AvgIpc) is 2.05.